The molecule has 0 atom stereocenters. The van der Waals surface area contributed by atoms with E-state index in [1.807, 2.05) is 0 Å². The Balaban J connectivity index is 2.96. The predicted octanol–water partition coefficient (Wildman–Crippen LogP) is 1.40. The van der Waals surface area contributed by atoms with Crippen LogP contribution in [-0.2, 0) is 12.8 Å². The topological polar surface area (TPSA) is 25.8 Å². The van der Waals surface area contributed by atoms with Crippen LogP contribution < -0.4 is 0 Å². The van der Waals surface area contributed by atoms with Gasteiger partial charge >= 0.3 is 0 Å². The number of hydrogen-bond donors (Lipinski definition) is 0. The smallest absolute Gasteiger partial charge is 0.109 e. The number of aromatic nitrogens is 2. The third-order valence-corrected chi connectivity index (χ3v) is 1.48. The highest BCUT2D eigenvalue weighted by atomic mass is 14.8. The van der Waals surface area contributed by atoms with Gasteiger partial charge in [-0.15, -0.1) is 0 Å². The Hall–Kier alpha value is -0.920. The maximum absolute atomic E-state index is 4.15. The van der Waals surface area contributed by atoms with Crippen molar-refractivity contribution in [2.75, 3.05) is 0 Å². The fourth-order valence-corrected chi connectivity index (χ4v) is 0.931. The largest absolute Gasteiger partial charge is 0.257 e. The van der Waals surface area contributed by atoms with Crippen molar-refractivity contribution in [1.29, 1.82) is 0 Å². The normalized spacial score (nSPS) is 9.80. The molecule has 10 heavy (non-hydrogen) atoms. The molecular weight excluding hydrogens is 124 g/mol. The summed E-state index contributed by atoms with van der Waals surface area (Å²) in [6.45, 7) is 4.17. The molecule has 2 heteroatoms. The van der Waals surface area contributed by atoms with Crippen LogP contribution in [0.3, 0.4) is 0 Å². The summed E-state index contributed by atoms with van der Waals surface area (Å²) in [5, 5.41) is 0. The van der Waals surface area contributed by atoms with Crippen LogP contribution in [0.4, 0.5) is 0 Å². The first-order valence-electron chi connectivity index (χ1n) is 3.59. The molecule has 1 heterocycles. The molecule has 0 aliphatic heterocycles. The van der Waals surface area contributed by atoms with Crippen LogP contribution in [0.5, 0.6) is 0 Å². The van der Waals surface area contributed by atoms with Crippen molar-refractivity contribution in [3.8, 4) is 0 Å². The highest BCUT2D eigenvalue weighted by molar-refractivity contribution is 5.09. The summed E-state index contributed by atoms with van der Waals surface area (Å²) in [5.41, 5.74) is 2.17. The molecule has 0 unspecified atom stereocenters. The Labute approximate surface area is 61.3 Å². The van der Waals surface area contributed by atoms with E-state index >= 15 is 0 Å². The number of hydrogen-bond acceptors (Lipinski definition) is 2. The van der Waals surface area contributed by atoms with Gasteiger partial charge < -0.3 is 0 Å². The van der Waals surface area contributed by atoms with Gasteiger partial charge in [-0.25, -0.2) is 4.98 Å². The van der Waals surface area contributed by atoms with Gasteiger partial charge in [0, 0.05) is 0 Å². The van der Waals surface area contributed by atoms with E-state index < -0.39 is 0 Å². The molecule has 1 radical (unpaired) electrons. The standard InChI is InChI=1S/C8H11N2/c1-3-7-8(4-2)10-6-5-9-7/h5H,3-4H2,1-2H3. The molecule has 1 aromatic rings. The van der Waals surface area contributed by atoms with E-state index in [9.17, 15) is 0 Å². The summed E-state index contributed by atoms with van der Waals surface area (Å²) in [7, 11) is 0. The second-order valence-electron chi connectivity index (χ2n) is 2.10. The second-order valence-corrected chi connectivity index (χ2v) is 2.10. The maximum atomic E-state index is 4.15. The van der Waals surface area contributed by atoms with Gasteiger partial charge in [-0.05, 0) is 12.8 Å². The average molecular weight is 135 g/mol. The zero-order valence-corrected chi connectivity index (χ0v) is 6.39. The van der Waals surface area contributed by atoms with E-state index in [1.165, 1.54) is 0 Å². The zero-order chi connectivity index (χ0) is 7.40. The molecule has 0 bridgehead atoms. The summed E-state index contributed by atoms with van der Waals surface area (Å²) >= 11 is 0. The van der Waals surface area contributed by atoms with Crippen molar-refractivity contribution in [3.05, 3.63) is 23.8 Å². The highest BCUT2D eigenvalue weighted by Crippen LogP contribution is 2.01. The number of rotatable bonds is 2. The van der Waals surface area contributed by atoms with E-state index in [1.54, 1.807) is 6.20 Å². The van der Waals surface area contributed by atoms with E-state index in [4.69, 9.17) is 0 Å². The van der Waals surface area contributed by atoms with E-state index in [0.717, 1.165) is 24.2 Å². The predicted molar refractivity (Wildman–Crippen MR) is 39.6 cm³/mol. The lowest BCUT2D eigenvalue weighted by Crippen LogP contribution is -1.97. The summed E-state index contributed by atoms with van der Waals surface area (Å²) < 4.78 is 0. The quantitative estimate of drug-likeness (QED) is 0.612. The molecule has 53 valence electrons. The van der Waals surface area contributed by atoms with Crippen LogP contribution in [-0.4, -0.2) is 9.97 Å². The lowest BCUT2D eigenvalue weighted by atomic mass is 10.2. The molecule has 0 fully saturated rings. The molecular formula is C8H11N2. The molecule has 0 aromatic carbocycles. The zero-order valence-electron chi connectivity index (χ0n) is 6.39. The van der Waals surface area contributed by atoms with E-state index in [0.29, 0.717) is 0 Å². The van der Waals surface area contributed by atoms with Gasteiger partial charge in [0.15, 0.2) is 0 Å². The SMILES string of the molecule is CCc1n[c]cnc1CC. The highest BCUT2D eigenvalue weighted by Gasteiger charge is 1.97. The molecule has 0 aliphatic rings. The first-order chi connectivity index (χ1) is 4.88. The molecule has 1 aromatic heterocycles. The minimum atomic E-state index is 0.952. The average Bonchev–Trinajstić information content (AvgIpc) is 2.04. The minimum absolute atomic E-state index is 0.952. The minimum Gasteiger partial charge on any atom is -0.257 e. The molecule has 0 saturated heterocycles. The van der Waals surface area contributed by atoms with Crippen LogP contribution in [0.15, 0.2) is 6.20 Å². The fourth-order valence-electron chi connectivity index (χ4n) is 0.931. The summed E-state index contributed by atoms with van der Waals surface area (Å²) in [5.74, 6) is 0. The molecule has 0 spiro atoms. The third-order valence-electron chi connectivity index (χ3n) is 1.48. The summed E-state index contributed by atoms with van der Waals surface area (Å²) in [4.78, 5) is 8.23. The van der Waals surface area contributed by atoms with E-state index in [-0.39, 0.29) is 0 Å². The maximum Gasteiger partial charge on any atom is 0.109 e. The molecule has 2 nitrogen and oxygen atoms in total. The second kappa shape index (κ2) is 3.30. The van der Waals surface area contributed by atoms with Crippen molar-refractivity contribution in [2.24, 2.45) is 0 Å². The van der Waals surface area contributed by atoms with Crippen LogP contribution >= 0.6 is 0 Å². The van der Waals surface area contributed by atoms with Gasteiger partial charge in [0.1, 0.15) is 6.20 Å². The Bertz CT molecular complexity index is 185. The summed E-state index contributed by atoms with van der Waals surface area (Å²) in [6.07, 6.45) is 6.26. The van der Waals surface area contributed by atoms with Gasteiger partial charge in [-0.1, -0.05) is 13.8 Å². The van der Waals surface area contributed by atoms with Crippen molar-refractivity contribution in [3.63, 3.8) is 0 Å². The third kappa shape index (κ3) is 1.32. The Morgan fingerprint density at radius 1 is 1.30 bits per heavy atom. The molecule has 0 amide bonds. The Morgan fingerprint density at radius 3 is 2.50 bits per heavy atom. The van der Waals surface area contributed by atoms with Gasteiger partial charge in [0.05, 0.1) is 17.6 Å². The van der Waals surface area contributed by atoms with Crippen LogP contribution in [0, 0.1) is 6.20 Å². The van der Waals surface area contributed by atoms with Gasteiger partial charge in [0.25, 0.3) is 0 Å². The number of nitrogens with zero attached hydrogens (tertiary/aromatic N) is 2. The van der Waals surface area contributed by atoms with Crippen molar-refractivity contribution in [2.45, 2.75) is 26.7 Å². The lowest BCUT2D eigenvalue weighted by molar-refractivity contribution is 0.900. The first kappa shape index (κ1) is 7.19. The lowest BCUT2D eigenvalue weighted by Gasteiger charge is -1.99. The first-order valence-corrected chi connectivity index (χ1v) is 3.59. The van der Waals surface area contributed by atoms with Gasteiger partial charge in [-0.2, -0.15) is 0 Å². The summed E-state index contributed by atoms with van der Waals surface area (Å²) in [6, 6.07) is 0. The van der Waals surface area contributed by atoms with Crippen LogP contribution in [0.1, 0.15) is 25.2 Å². The monoisotopic (exact) mass is 135 g/mol. The van der Waals surface area contributed by atoms with Gasteiger partial charge in [-0.3, -0.25) is 4.98 Å². The van der Waals surface area contributed by atoms with Gasteiger partial charge in [0.2, 0.25) is 0 Å². The number of aryl methyl sites for hydroxylation is 2. The molecule has 0 saturated carbocycles. The molecule has 0 N–H and O–H groups in total. The molecule has 0 aliphatic carbocycles. The van der Waals surface area contributed by atoms with Crippen LogP contribution in [0.2, 0.25) is 0 Å². The van der Waals surface area contributed by atoms with Crippen molar-refractivity contribution in [1.82, 2.24) is 9.97 Å². The Kier molecular flexibility index (Phi) is 2.37. The van der Waals surface area contributed by atoms with E-state index in [2.05, 4.69) is 30.0 Å². The fraction of sp³-hybridized carbons (Fsp3) is 0.500. The van der Waals surface area contributed by atoms with Crippen molar-refractivity contribution < 1.29 is 0 Å². The molecule has 1 rings (SSSR count). The Morgan fingerprint density at radius 2 is 2.00 bits per heavy atom. The van der Waals surface area contributed by atoms with Crippen LogP contribution in [0.25, 0.3) is 0 Å². The van der Waals surface area contributed by atoms with Crippen molar-refractivity contribution >= 4 is 0 Å².